The van der Waals surface area contributed by atoms with E-state index in [1.54, 1.807) is 18.3 Å². The van der Waals surface area contributed by atoms with E-state index in [0.29, 0.717) is 6.61 Å². The highest BCUT2D eigenvalue weighted by Gasteiger charge is 2.09. The Morgan fingerprint density at radius 3 is 2.76 bits per heavy atom. The summed E-state index contributed by atoms with van der Waals surface area (Å²) in [5.41, 5.74) is 3.62. The molecule has 3 rings (SSSR count). The van der Waals surface area contributed by atoms with Gasteiger partial charge in [0.2, 0.25) is 0 Å². The number of hydrazone groups is 1. The fraction of sp³-hybridized carbons (Fsp3) is 0.105. The monoisotopic (exact) mass is 353 g/mol. The highest BCUT2D eigenvalue weighted by Crippen LogP contribution is 2.27. The van der Waals surface area contributed by atoms with Gasteiger partial charge in [0.25, 0.3) is 5.91 Å². The van der Waals surface area contributed by atoms with Crippen LogP contribution in [0.2, 0.25) is 5.15 Å². The number of nitrogens with zero attached hydrogens (tertiary/aromatic N) is 2. The highest BCUT2D eigenvalue weighted by atomic mass is 35.5. The van der Waals surface area contributed by atoms with E-state index < -0.39 is 5.91 Å². The molecule has 0 saturated heterocycles. The van der Waals surface area contributed by atoms with E-state index in [2.05, 4.69) is 15.5 Å². The lowest BCUT2D eigenvalue weighted by atomic mass is 10.0. The predicted octanol–water partition coefficient (Wildman–Crippen LogP) is 4.05. The summed E-state index contributed by atoms with van der Waals surface area (Å²) in [4.78, 5) is 16.0. The number of carbonyl (C=O) groups excluding carboxylic acids is 1. The highest BCUT2D eigenvalue weighted by molar-refractivity contribution is 6.32. The second-order valence-electron chi connectivity index (χ2n) is 5.17. The van der Waals surface area contributed by atoms with Gasteiger partial charge in [-0.2, -0.15) is 5.10 Å². The van der Waals surface area contributed by atoms with E-state index in [1.165, 1.54) is 6.20 Å². The summed E-state index contributed by atoms with van der Waals surface area (Å²) in [6.07, 6.45) is 3.12. The maximum Gasteiger partial charge on any atom is 0.274 e. The van der Waals surface area contributed by atoms with Crippen LogP contribution in [0.4, 0.5) is 0 Å². The van der Waals surface area contributed by atoms with E-state index in [1.807, 2.05) is 43.3 Å². The first-order chi connectivity index (χ1) is 12.2. The molecule has 2 aromatic carbocycles. The molecule has 25 heavy (non-hydrogen) atoms. The van der Waals surface area contributed by atoms with Crippen molar-refractivity contribution in [3.63, 3.8) is 0 Å². The van der Waals surface area contributed by atoms with Crippen LogP contribution in [0.3, 0.4) is 0 Å². The number of ether oxygens (including phenoxy) is 1. The Bertz CT molecular complexity index is 941. The Kier molecular flexibility index (Phi) is 5.26. The van der Waals surface area contributed by atoms with E-state index in [4.69, 9.17) is 16.3 Å². The zero-order valence-corrected chi connectivity index (χ0v) is 14.3. The number of halogens is 1. The van der Waals surface area contributed by atoms with E-state index in [-0.39, 0.29) is 10.7 Å². The Morgan fingerprint density at radius 2 is 2.00 bits per heavy atom. The van der Waals surface area contributed by atoms with E-state index in [9.17, 15) is 4.79 Å². The van der Waals surface area contributed by atoms with Gasteiger partial charge in [0.05, 0.1) is 18.4 Å². The molecule has 3 aromatic rings. The normalized spacial score (nSPS) is 11.0. The minimum absolute atomic E-state index is 0.140. The van der Waals surface area contributed by atoms with Gasteiger partial charge in [-0.3, -0.25) is 4.79 Å². The van der Waals surface area contributed by atoms with Crippen molar-refractivity contribution in [1.82, 2.24) is 10.4 Å². The maximum absolute atomic E-state index is 12.1. The van der Waals surface area contributed by atoms with Crippen LogP contribution in [-0.2, 0) is 0 Å². The molecule has 5 nitrogen and oxygen atoms in total. The molecule has 126 valence electrons. The molecule has 1 heterocycles. The molecule has 0 aliphatic rings. The van der Waals surface area contributed by atoms with Gasteiger partial charge in [-0.05, 0) is 36.6 Å². The van der Waals surface area contributed by atoms with Crippen molar-refractivity contribution in [3.05, 3.63) is 71.0 Å². The Labute approximate surface area is 150 Å². The molecule has 6 heteroatoms. The third kappa shape index (κ3) is 3.78. The largest absolute Gasteiger partial charge is 0.493 e. The molecule has 1 aromatic heterocycles. The fourth-order valence-electron chi connectivity index (χ4n) is 2.46. The summed E-state index contributed by atoms with van der Waals surface area (Å²) in [7, 11) is 0. The number of aromatic nitrogens is 1. The second-order valence-corrected chi connectivity index (χ2v) is 5.53. The lowest BCUT2D eigenvalue weighted by Gasteiger charge is -2.09. The molecule has 0 radical (unpaired) electrons. The quantitative estimate of drug-likeness (QED) is 0.427. The predicted molar refractivity (Wildman–Crippen MR) is 99.4 cm³/mol. The lowest BCUT2D eigenvalue weighted by Crippen LogP contribution is -2.18. The zero-order valence-electron chi connectivity index (χ0n) is 13.6. The standard InChI is InChI=1S/C19H16ClN3O2/c1-2-25-17-10-9-13(14-6-3-4-7-15(14)17)12-22-23-19(24)16-8-5-11-21-18(16)20/h3-12H,2H2,1H3,(H,23,24). The molecule has 0 unspecified atom stereocenters. The number of pyridine rings is 1. The van der Waals surface area contributed by atoms with Gasteiger partial charge in [-0.15, -0.1) is 0 Å². The number of rotatable bonds is 5. The Hall–Kier alpha value is -2.92. The molecule has 0 saturated carbocycles. The van der Waals surface area contributed by atoms with E-state index >= 15 is 0 Å². The summed E-state index contributed by atoms with van der Waals surface area (Å²) < 4.78 is 5.65. The molecule has 0 bridgehead atoms. The van der Waals surface area contributed by atoms with E-state index in [0.717, 1.165) is 22.1 Å². The lowest BCUT2D eigenvalue weighted by molar-refractivity contribution is 0.0955. The van der Waals surface area contributed by atoms with Gasteiger partial charge >= 0.3 is 0 Å². The third-order valence-corrected chi connectivity index (χ3v) is 3.89. The Balaban J connectivity index is 1.83. The van der Waals surface area contributed by atoms with Crippen LogP contribution < -0.4 is 10.2 Å². The summed E-state index contributed by atoms with van der Waals surface area (Å²) in [5.74, 6) is 0.408. The van der Waals surface area contributed by atoms with Crippen molar-refractivity contribution in [2.45, 2.75) is 6.92 Å². The average Bonchev–Trinajstić information content (AvgIpc) is 2.64. The first-order valence-corrected chi connectivity index (χ1v) is 8.17. The molecule has 0 atom stereocenters. The van der Waals surface area contributed by atoms with Crippen molar-refractivity contribution in [2.75, 3.05) is 6.61 Å². The number of hydrogen-bond donors (Lipinski definition) is 1. The smallest absolute Gasteiger partial charge is 0.274 e. The molecule has 0 fully saturated rings. The summed E-state index contributed by atoms with van der Waals surface area (Å²) in [6, 6.07) is 14.9. The van der Waals surface area contributed by atoms with Crippen LogP contribution in [0.25, 0.3) is 10.8 Å². The number of hydrogen-bond acceptors (Lipinski definition) is 4. The minimum atomic E-state index is -0.412. The van der Waals surface area contributed by atoms with Crippen molar-refractivity contribution in [1.29, 1.82) is 0 Å². The summed E-state index contributed by atoms with van der Waals surface area (Å²) in [5, 5.41) is 6.16. The van der Waals surface area contributed by atoms with Gasteiger partial charge in [-0.25, -0.2) is 10.4 Å². The molecule has 0 spiro atoms. The number of amides is 1. The fourth-order valence-corrected chi connectivity index (χ4v) is 2.67. The van der Waals surface area contributed by atoms with Crippen LogP contribution in [0.5, 0.6) is 5.75 Å². The number of carbonyl (C=O) groups is 1. The van der Waals surface area contributed by atoms with Gasteiger partial charge in [0.15, 0.2) is 0 Å². The minimum Gasteiger partial charge on any atom is -0.493 e. The SMILES string of the molecule is CCOc1ccc(C=NNC(=O)c2cccnc2Cl)c2ccccc12. The third-order valence-electron chi connectivity index (χ3n) is 3.59. The zero-order chi connectivity index (χ0) is 17.6. The number of benzene rings is 2. The molecule has 1 N–H and O–H groups in total. The van der Waals surface area contributed by atoms with Crippen molar-refractivity contribution < 1.29 is 9.53 Å². The molecule has 0 aliphatic heterocycles. The number of fused-ring (bicyclic) bond motifs is 1. The van der Waals surface area contributed by atoms with Crippen LogP contribution in [0.1, 0.15) is 22.8 Å². The first kappa shape index (κ1) is 16.9. The van der Waals surface area contributed by atoms with Gasteiger partial charge in [0.1, 0.15) is 10.9 Å². The topological polar surface area (TPSA) is 63.6 Å². The van der Waals surface area contributed by atoms with Gasteiger partial charge < -0.3 is 4.74 Å². The average molecular weight is 354 g/mol. The van der Waals surface area contributed by atoms with Crippen LogP contribution in [-0.4, -0.2) is 23.7 Å². The molecule has 0 aliphatic carbocycles. The first-order valence-electron chi connectivity index (χ1n) is 7.79. The maximum atomic E-state index is 12.1. The van der Waals surface area contributed by atoms with Crippen LogP contribution >= 0.6 is 11.6 Å². The van der Waals surface area contributed by atoms with Crippen molar-refractivity contribution in [3.8, 4) is 5.75 Å². The van der Waals surface area contributed by atoms with Crippen LogP contribution in [0.15, 0.2) is 59.8 Å². The van der Waals surface area contributed by atoms with Gasteiger partial charge in [-0.1, -0.05) is 35.9 Å². The van der Waals surface area contributed by atoms with Crippen LogP contribution in [0, 0.1) is 0 Å². The Morgan fingerprint density at radius 1 is 1.20 bits per heavy atom. The summed E-state index contributed by atoms with van der Waals surface area (Å²) >= 11 is 5.90. The van der Waals surface area contributed by atoms with Crippen molar-refractivity contribution >= 4 is 34.5 Å². The summed E-state index contributed by atoms with van der Waals surface area (Å²) in [6.45, 7) is 2.54. The molecule has 1 amide bonds. The molecular weight excluding hydrogens is 338 g/mol. The van der Waals surface area contributed by atoms with Crippen molar-refractivity contribution in [2.24, 2.45) is 5.10 Å². The second kappa shape index (κ2) is 7.77. The van der Waals surface area contributed by atoms with Gasteiger partial charge in [0, 0.05) is 17.1 Å². The molecular formula is C19H16ClN3O2. The number of nitrogens with one attached hydrogen (secondary N) is 1.